The van der Waals surface area contributed by atoms with E-state index < -0.39 is 0 Å². The van der Waals surface area contributed by atoms with E-state index >= 15 is 0 Å². The molecule has 1 atom stereocenters. The summed E-state index contributed by atoms with van der Waals surface area (Å²) < 4.78 is 0. The van der Waals surface area contributed by atoms with Crippen molar-refractivity contribution in [2.45, 2.75) is 26.8 Å². The molecule has 2 aromatic rings. The van der Waals surface area contributed by atoms with Crippen LogP contribution in [0.2, 0.25) is 0 Å². The predicted octanol–water partition coefficient (Wildman–Crippen LogP) is 4.24. The molecule has 1 aromatic heterocycles. The lowest BCUT2D eigenvalue weighted by Gasteiger charge is -2.19. The number of amides is 1. The van der Waals surface area contributed by atoms with Crippen LogP contribution < -0.4 is 5.32 Å². The molecule has 2 rings (SSSR count). The van der Waals surface area contributed by atoms with E-state index in [-0.39, 0.29) is 11.9 Å². The Balaban J connectivity index is 2.27. The molecule has 112 valence electrons. The molecule has 1 aromatic carbocycles. The Morgan fingerprint density at radius 1 is 1.24 bits per heavy atom. The van der Waals surface area contributed by atoms with Gasteiger partial charge >= 0.3 is 0 Å². The Labute approximate surface area is 130 Å². The fourth-order valence-corrected chi connectivity index (χ4v) is 3.45. The van der Waals surface area contributed by atoms with Crippen molar-refractivity contribution >= 4 is 22.9 Å². The quantitative estimate of drug-likeness (QED) is 0.916. The largest absolute Gasteiger partial charge is 0.378 e. The summed E-state index contributed by atoms with van der Waals surface area (Å²) in [7, 11) is 3.55. The number of carbonyl (C=O) groups is 1. The van der Waals surface area contributed by atoms with Gasteiger partial charge in [-0.15, -0.1) is 11.3 Å². The van der Waals surface area contributed by atoms with Gasteiger partial charge < -0.3 is 10.2 Å². The maximum atomic E-state index is 12.2. The van der Waals surface area contributed by atoms with E-state index in [0.29, 0.717) is 5.56 Å². The summed E-state index contributed by atoms with van der Waals surface area (Å²) in [6.45, 7) is 6.39. The molecule has 1 N–H and O–H groups in total. The maximum absolute atomic E-state index is 12.2. The number of thiophene rings is 1. The molecule has 0 spiro atoms. The molecule has 0 fully saturated rings. The molecule has 4 heteroatoms. The maximum Gasteiger partial charge on any atom is 0.255 e. The van der Waals surface area contributed by atoms with Crippen LogP contribution in [0.25, 0.3) is 0 Å². The zero-order valence-corrected chi connectivity index (χ0v) is 14.0. The Kier molecular flexibility index (Phi) is 4.68. The molecule has 21 heavy (non-hydrogen) atoms. The first-order chi connectivity index (χ1) is 9.90. The summed E-state index contributed by atoms with van der Waals surface area (Å²) in [5.41, 5.74) is 2.88. The number of hydrogen-bond donors (Lipinski definition) is 1. The SMILES string of the molecule is Cc1cc(C(C)Nc2ccccc2C(=O)N(C)C)c(C)s1. The van der Waals surface area contributed by atoms with Gasteiger partial charge in [-0.25, -0.2) is 0 Å². The molecule has 0 aliphatic rings. The van der Waals surface area contributed by atoms with E-state index in [2.05, 4.69) is 32.2 Å². The van der Waals surface area contributed by atoms with E-state index in [1.165, 1.54) is 15.3 Å². The number of aryl methyl sites for hydroxylation is 2. The molecule has 1 heterocycles. The summed E-state index contributed by atoms with van der Waals surface area (Å²) >= 11 is 1.81. The normalized spacial score (nSPS) is 12.0. The number of anilines is 1. The van der Waals surface area contributed by atoms with E-state index in [1.54, 1.807) is 19.0 Å². The molecule has 0 saturated carbocycles. The van der Waals surface area contributed by atoms with Gasteiger partial charge in [0.1, 0.15) is 0 Å². The van der Waals surface area contributed by atoms with Crippen LogP contribution in [0.3, 0.4) is 0 Å². The molecular formula is C17H22N2OS. The molecule has 0 radical (unpaired) electrons. The van der Waals surface area contributed by atoms with Crippen LogP contribution in [-0.4, -0.2) is 24.9 Å². The Morgan fingerprint density at radius 2 is 1.90 bits per heavy atom. The molecule has 0 saturated heterocycles. The van der Waals surface area contributed by atoms with Crippen molar-refractivity contribution in [3.8, 4) is 0 Å². The Bertz CT molecular complexity index is 646. The van der Waals surface area contributed by atoms with Crippen molar-refractivity contribution in [3.63, 3.8) is 0 Å². The van der Waals surface area contributed by atoms with Crippen molar-refractivity contribution in [3.05, 3.63) is 51.2 Å². The number of hydrogen-bond acceptors (Lipinski definition) is 3. The third kappa shape index (κ3) is 3.45. The highest BCUT2D eigenvalue weighted by molar-refractivity contribution is 7.12. The average molecular weight is 302 g/mol. The minimum atomic E-state index is 0.0171. The Morgan fingerprint density at radius 3 is 2.48 bits per heavy atom. The van der Waals surface area contributed by atoms with Gasteiger partial charge in [-0.05, 0) is 44.5 Å². The number of benzene rings is 1. The average Bonchev–Trinajstić information content (AvgIpc) is 2.77. The number of carbonyl (C=O) groups excluding carboxylic acids is 1. The van der Waals surface area contributed by atoms with Crippen LogP contribution in [-0.2, 0) is 0 Å². The lowest BCUT2D eigenvalue weighted by atomic mass is 10.1. The molecule has 1 amide bonds. The van der Waals surface area contributed by atoms with E-state index in [4.69, 9.17) is 0 Å². The summed E-state index contributed by atoms with van der Waals surface area (Å²) in [5, 5.41) is 3.48. The van der Waals surface area contributed by atoms with Gasteiger partial charge in [0.25, 0.3) is 5.91 Å². The minimum absolute atomic E-state index is 0.0171. The molecule has 0 bridgehead atoms. The summed E-state index contributed by atoms with van der Waals surface area (Å²) in [4.78, 5) is 16.5. The van der Waals surface area contributed by atoms with Crippen LogP contribution >= 0.6 is 11.3 Å². The first kappa shape index (κ1) is 15.6. The Hall–Kier alpha value is -1.81. The third-order valence-electron chi connectivity index (χ3n) is 3.48. The minimum Gasteiger partial charge on any atom is -0.378 e. The monoisotopic (exact) mass is 302 g/mol. The summed E-state index contributed by atoms with van der Waals surface area (Å²) in [6, 6.07) is 10.1. The number of nitrogens with one attached hydrogen (secondary N) is 1. The van der Waals surface area contributed by atoms with Crippen LogP contribution in [0, 0.1) is 13.8 Å². The van der Waals surface area contributed by atoms with Gasteiger partial charge in [0, 0.05) is 35.6 Å². The number of para-hydroxylation sites is 1. The molecule has 1 unspecified atom stereocenters. The van der Waals surface area contributed by atoms with Crippen molar-refractivity contribution in [2.75, 3.05) is 19.4 Å². The molecule has 0 aliphatic heterocycles. The van der Waals surface area contributed by atoms with Crippen molar-refractivity contribution in [2.24, 2.45) is 0 Å². The van der Waals surface area contributed by atoms with Crippen molar-refractivity contribution in [1.82, 2.24) is 4.90 Å². The van der Waals surface area contributed by atoms with Gasteiger partial charge in [0.15, 0.2) is 0 Å². The highest BCUT2D eigenvalue weighted by Gasteiger charge is 2.16. The van der Waals surface area contributed by atoms with E-state index in [1.807, 2.05) is 35.6 Å². The highest BCUT2D eigenvalue weighted by Crippen LogP contribution is 2.29. The lowest BCUT2D eigenvalue weighted by Crippen LogP contribution is -2.23. The van der Waals surface area contributed by atoms with Crippen LogP contribution in [0.1, 0.15) is 38.6 Å². The van der Waals surface area contributed by atoms with Crippen LogP contribution in [0.5, 0.6) is 0 Å². The predicted molar refractivity (Wildman–Crippen MR) is 90.3 cm³/mol. The second-order valence-electron chi connectivity index (χ2n) is 5.48. The highest BCUT2D eigenvalue weighted by atomic mass is 32.1. The topological polar surface area (TPSA) is 32.3 Å². The van der Waals surface area contributed by atoms with Crippen molar-refractivity contribution < 1.29 is 4.79 Å². The van der Waals surface area contributed by atoms with Gasteiger partial charge in [0.2, 0.25) is 0 Å². The zero-order chi connectivity index (χ0) is 15.6. The zero-order valence-electron chi connectivity index (χ0n) is 13.2. The van der Waals surface area contributed by atoms with Gasteiger partial charge in [-0.2, -0.15) is 0 Å². The van der Waals surface area contributed by atoms with Gasteiger partial charge in [0.05, 0.1) is 5.56 Å². The standard InChI is InChI=1S/C17H22N2OS/c1-11-10-15(13(3)21-11)12(2)18-16-9-7-6-8-14(16)17(20)19(4)5/h6-10,12,18H,1-5H3. The molecular weight excluding hydrogens is 280 g/mol. The summed E-state index contributed by atoms with van der Waals surface area (Å²) in [5.74, 6) is 0.0171. The van der Waals surface area contributed by atoms with Crippen molar-refractivity contribution in [1.29, 1.82) is 0 Å². The first-order valence-corrected chi connectivity index (χ1v) is 7.86. The van der Waals surface area contributed by atoms with Crippen LogP contribution in [0.15, 0.2) is 30.3 Å². The van der Waals surface area contributed by atoms with E-state index in [0.717, 1.165) is 5.69 Å². The smallest absolute Gasteiger partial charge is 0.255 e. The van der Waals surface area contributed by atoms with Gasteiger partial charge in [-0.3, -0.25) is 4.79 Å². The van der Waals surface area contributed by atoms with E-state index in [9.17, 15) is 4.79 Å². The number of nitrogens with zero attached hydrogens (tertiary/aromatic N) is 1. The molecule has 0 aliphatic carbocycles. The summed E-state index contributed by atoms with van der Waals surface area (Å²) in [6.07, 6.45) is 0. The lowest BCUT2D eigenvalue weighted by molar-refractivity contribution is 0.0828. The number of rotatable bonds is 4. The fraction of sp³-hybridized carbons (Fsp3) is 0.353. The first-order valence-electron chi connectivity index (χ1n) is 7.04. The van der Waals surface area contributed by atoms with Crippen LogP contribution in [0.4, 0.5) is 5.69 Å². The second kappa shape index (κ2) is 6.31. The third-order valence-corrected chi connectivity index (χ3v) is 4.46. The second-order valence-corrected chi connectivity index (χ2v) is 6.94. The fourth-order valence-electron chi connectivity index (χ4n) is 2.43. The van der Waals surface area contributed by atoms with Gasteiger partial charge in [-0.1, -0.05) is 12.1 Å². The molecule has 3 nitrogen and oxygen atoms in total.